The van der Waals surface area contributed by atoms with Crippen molar-refractivity contribution in [3.63, 3.8) is 0 Å². The molecule has 2 heterocycles. The summed E-state index contributed by atoms with van der Waals surface area (Å²) in [6, 6.07) is 6.02. The van der Waals surface area contributed by atoms with Crippen LogP contribution >= 0.6 is 0 Å². The van der Waals surface area contributed by atoms with Gasteiger partial charge in [0.25, 0.3) is 5.71 Å². The van der Waals surface area contributed by atoms with E-state index in [0.717, 1.165) is 12.1 Å². The van der Waals surface area contributed by atoms with Crippen LogP contribution in [-0.4, -0.2) is 23.2 Å². The first kappa shape index (κ1) is 16.0. The van der Waals surface area contributed by atoms with Gasteiger partial charge in [0.1, 0.15) is 0 Å². The molecule has 3 aromatic rings. The zero-order valence-corrected chi connectivity index (χ0v) is 12.6. The molecule has 3 rings (SSSR count). The molecule has 0 spiro atoms. The number of rotatable bonds is 2. The maximum absolute atomic E-state index is 12.9. The number of fused-ring (bicyclic) bond motifs is 1. The molecule has 8 heteroatoms. The minimum absolute atomic E-state index is 0.0582. The predicted molar refractivity (Wildman–Crippen MR) is 78.3 cm³/mol. The number of halogens is 3. The van der Waals surface area contributed by atoms with E-state index in [4.69, 9.17) is 9.26 Å². The highest BCUT2D eigenvalue weighted by Gasteiger charge is 2.30. The molecule has 0 aliphatic rings. The summed E-state index contributed by atoms with van der Waals surface area (Å²) in [5.74, 6) is -0.651. The van der Waals surface area contributed by atoms with E-state index in [0.29, 0.717) is 11.1 Å². The predicted octanol–water partition coefficient (Wildman–Crippen LogP) is 4.00. The van der Waals surface area contributed by atoms with E-state index in [1.54, 1.807) is 6.92 Å². The van der Waals surface area contributed by atoms with Gasteiger partial charge in [-0.25, -0.2) is 9.78 Å². The van der Waals surface area contributed by atoms with Gasteiger partial charge in [-0.3, -0.25) is 0 Å². The lowest BCUT2D eigenvalue weighted by Crippen LogP contribution is -2.05. The zero-order chi connectivity index (χ0) is 17.5. The zero-order valence-electron chi connectivity index (χ0n) is 12.6. The quantitative estimate of drug-likeness (QED) is 0.662. The molecule has 0 N–H and O–H groups in total. The monoisotopic (exact) mass is 336 g/mol. The van der Waals surface area contributed by atoms with Crippen molar-refractivity contribution in [3.8, 4) is 11.3 Å². The lowest BCUT2D eigenvalue weighted by atomic mass is 10.0. The van der Waals surface area contributed by atoms with Gasteiger partial charge < -0.3 is 9.26 Å². The van der Waals surface area contributed by atoms with Crippen LogP contribution in [0.5, 0.6) is 0 Å². The van der Waals surface area contributed by atoms with Gasteiger partial charge in [0, 0.05) is 5.56 Å². The molecule has 0 fully saturated rings. The van der Waals surface area contributed by atoms with Crippen molar-refractivity contribution in [2.75, 3.05) is 7.11 Å². The Kier molecular flexibility index (Phi) is 3.75. The summed E-state index contributed by atoms with van der Waals surface area (Å²) in [6.45, 7) is 1.63. The Bertz CT molecular complexity index is 932. The van der Waals surface area contributed by atoms with E-state index in [1.807, 2.05) is 0 Å². The van der Waals surface area contributed by atoms with E-state index in [2.05, 4.69) is 10.1 Å². The van der Waals surface area contributed by atoms with Crippen molar-refractivity contribution in [1.82, 2.24) is 10.1 Å². The second kappa shape index (κ2) is 5.63. The molecule has 0 atom stereocenters. The van der Waals surface area contributed by atoms with E-state index < -0.39 is 17.7 Å². The fourth-order valence-electron chi connectivity index (χ4n) is 2.37. The molecule has 0 bridgehead atoms. The summed E-state index contributed by atoms with van der Waals surface area (Å²) in [5, 5.41) is 4.11. The number of alkyl halides is 3. The number of hydrogen-bond acceptors (Lipinski definition) is 5. The number of aryl methyl sites for hydroxylation is 1. The molecule has 0 aliphatic carbocycles. The average Bonchev–Trinajstić information content (AvgIpc) is 2.94. The number of pyridine rings is 1. The van der Waals surface area contributed by atoms with E-state index in [-0.39, 0.29) is 22.5 Å². The number of nitrogens with zero attached hydrogens (tertiary/aromatic N) is 2. The number of carbonyl (C=O) groups excluding carboxylic acids is 1. The van der Waals surface area contributed by atoms with E-state index in [1.165, 1.54) is 25.3 Å². The Balaban J connectivity index is 2.23. The van der Waals surface area contributed by atoms with Crippen LogP contribution in [0.3, 0.4) is 0 Å². The number of methoxy groups -OCH3 is 1. The Morgan fingerprint density at radius 3 is 2.67 bits per heavy atom. The summed E-state index contributed by atoms with van der Waals surface area (Å²) in [6.07, 6.45) is -4.48. The van der Waals surface area contributed by atoms with Gasteiger partial charge in [-0.15, -0.1) is 0 Å². The van der Waals surface area contributed by atoms with Gasteiger partial charge in [-0.1, -0.05) is 17.3 Å². The van der Waals surface area contributed by atoms with Crippen LogP contribution in [0, 0.1) is 6.92 Å². The largest absolute Gasteiger partial charge is 0.465 e. The third kappa shape index (κ3) is 2.70. The van der Waals surface area contributed by atoms with Crippen LogP contribution in [0.4, 0.5) is 13.2 Å². The van der Waals surface area contributed by atoms with Crippen LogP contribution in [-0.2, 0) is 10.9 Å². The minimum atomic E-state index is -4.48. The van der Waals surface area contributed by atoms with Crippen molar-refractivity contribution in [2.45, 2.75) is 13.1 Å². The third-order valence-electron chi connectivity index (χ3n) is 3.51. The molecule has 0 saturated carbocycles. The summed E-state index contributed by atoms with van der Waals surface area (Å²) in [7, 11) is 1.21. The van der Waals surface area contributed by atoms with Crippen molar-refractivity contribution < 1.29 is 27.2 Å². The Hall–Kier alpha value is -2.90. The Morgan fingerprint density at radius 2 is 2.00 bits per heavy atom. The normalized spacial score (nSPS) is 11.7. The van der Waals surface area contributed by atoms with E-state index in [9.17, 15) is 18.0 Å². The molecular formula is C16H11F3N2O3. The second-order valence-corrected chi connectivity index (χ2v) is 5.07. The van der Waals surface area contributed by atoms with Crippen LogP contribution in [0.25, 0.3) is 22.4 Å². The molecule has 5 nitrogen and oxygen atoms in total. The molecule has 24 heavy (non-hydrogen) atoms. The van der Waals surface area contributed by atoms with Crippen LogP contribution in [0.1, 0.15) is 21.6 Å². The van der Waals surface area contributed by atoms with Gasteiger partial charge in [0.05, 0.1) is 35.0 Å². The minimum Gasteiger partial charge on any atom is -0.465 e. The highest BCUT2D eigenvalue weighted by Crippen LogP contribution is 2.33. The van der Waals surface area contributed by atoms with Crippen molar-refractivity contribution in [3.05, 3.63) is 47.2 Å². The molecule has 0 unspecified atom stereocenters. The van der Waals surface area contributed by atoms with Gasteiger partial charge in [-0.05, 0) is 25.1 Å². The summed E-state index contributed by atoms with van der Waals surface area (Å²) >= 11 is 0. The summed E-state index contributed by atoms with van der Waals surface area (Å²) < 4.78 is 48.4. The topological polar surface area (TPSA) is 65.2 Å². The van der Waals surface area contributed by atoms with E-state index >= 15 is 0 Å². The first-order valence-corrected chi connectivity index (χ1v) is 6.84. The number of ether oxygens (including phenoxy) is 1. The molecular weight excluding hydrogens is 325 g/mol. The summed E-state index contributed by atoms with van der Waals surface area (Å²) in [5.41, 5.74) is 0.177. The number of aromatic nitrogens is 2. The maximum atomic E-state index is 12.9. The summed E-state index contributed by atoms with van der Waals surface area (Å²) in [4.78, 5) is 16.2. The molecule has 1 aromatic carbocycles. The van der Waals surface area contributed by atoms with Crippen LogP contribution in [0.15, 0.2) is 34.9 Å². The fourth-order valence-corrected chi connectivity index (χ4v) is 2.37. The molecule has 0 amide bonds. The SMILES string of the molecule is COC(=O)c1cc(-c2cccc(C(F)(F)F)c2)nc2onc(C)c12. The number of benzene rings is 1. The third-order valence-corrected chi connectivity index (χ3v) is 3.51. The van der Waals surface area contributed by atoms with Crippen LogP contribution in [0.2, 0.25) is 0 Å². The fraction of sp³-hybridized carbons (Fsp3) is 0.188. The second-order valence-electron chi connectivity index (χ2n) is 5.07. The average molecular weight is 336 g/mol. The molecule has 0 saturated heterocycles. The lowest BCUT2D eigenvalue weighted by Gasteiger charge is -2.09. The standard InChI is InChI=1S/C16H11F3N2O3/c1-8-13-11(15(22)23-2)7-12(20-14(13)24-21-8)9-4-3-5-10(6-9)16(17,18)19/h3-7H,1-2H3. The van der Waals surface area contributed by atoms with Gasteiger partial charge >= 0.3 is 12.1 Å². The smallest absolute Gasteiger partial charge is 0.416 e. The number of hydrogen-bond donors (Lipinski definition) is 0. The first-order chi connectivity index (χ1) is 11.3. The Morgan fingerprint density at radius 1 is 1.25 bits per heavy atom. The molecule has 124 valence electrons. The highest BCUT2D eigenvalue weighted by molar-refractivity contribution is 6.04. The number of carbonyl (C=O) groups is 1. The van der Waals surface area contributed by atoms with Crippen molar-refractivity contribution >= 4 is 17.1 Å². The molecule has 0 aliphatic heterocycles. The van der Waals surface area contributed by atoms with Crippen molar-refractivity contribution in [1.29, 1.82) is 0 Å². The first-order valence-electron chi connectivity index (χ1n) is 6.84. The van der Waals surface area contributed by atoms with Crippen molar-refractivity contribution in [2.24, 2.45) is 0 Å². The van der Waals surface area contributed by atoms with Gasteiger partial charge in [-0.2, -0.15) is 13.2 Å². The van der Waals surface area contributed by atoms with Gasteiger partial charge in [0.2, 0.25) is 0 Å². The van der Waals surface area contributed by atoms with Gasteiger partial charge in [0.15, 0.2) is 0 Å². The Labute approximate surface area is 134 Å². The maximum Gasteiger partial charge on any atom is 0.416 e. The highest BCUT2D eigenvalue weighted by atomic mass is 19.4. The number of esters is 1. The lowest BCUT2D eigenvalue weighted by molar-refractivity contribution is -0.137. The molecule has 0 radical (unpaired) electrons. The van der Waals surface area contributed by atoms with Crippen LogP contribution < -0.4 is 0 Å². The molecule has 2 aromatic heterocycles.